The highest BCUT2D eigenvalue weighted by molar-refractivity contribution is 8.26. The number of carbonyl (C=O) groups excluding carboxylic acids is 2. The summed E-state index contributed by atoms with van der Waals surface area (Å²) in [5.74, 6) is -0.951. The van der Waals surface area contributed by atoms with E-state index in [1.165, 1.54) is 11.0 Å². The van der Waals surface area contributed by atoms with Crippen molar-refractivity contribution >= 4 is 56.0 Å². The number of benzene rings is 1. The Morgan fingerprint density at radius 3 is 2.69 bits per heavy atom. The summed E-state index contributed by atoms with van der Waals surface area (Å²) in [6.45, 7) is 1.57. The van der Waals surface area contributed by atoms with Gasteiger partial charge in [-0.3, -0.25) is 14.5 Å². The van der Waals surface area contributed by atoms with Crippen LogP contribution in [0.3, 0.4) is 0 Å². The first kappa shape index (κ1) is 18.8. The zero-order chi connectivity index (χ0) is 18.9. The number of hydrogen-bond acceptors (Lipinski definition) is 6. The van der Waals surface area contributed by atoms with E-state index >= 15 is 0 Å². The zero-order valence-corrected chi connectivity index (χ0v) is 16.2. The van der Waals surface area contributed by atoms with Crippen LogP contribution >= 0.6 is 24.0 Å². The van der Waals surface area contributed by atoms with Crippen LogP contribution in [0.4, 0.5) is 0 Å². The minimum atomic E-state index is -3.27. The minimum Gasteiger partial charge on any atom is -0.347 e. The molecule has 1 aromatic rings. The number of amides is 2. The fraction of sp³-hybridized carbons (Fsp3) is 0.235. The molecule has 0 saturated carbocycles. The average Bonchev–Trinajstić information content (AvgIpc) is 3.06. The number of nitrogens with zero attached hydrogens (tertiary/aromatic N) is 1. The van der Waals surface area contributed by atoms with E-state index in [0.29, 0.717) is 9.23 Å². The van der Waals surface area contributed by atoms with Gasteiger partial charge in [0.1, 0.15) is 10.4 Å². The van der Waals surface area contributed by atoms with Crippen molar-refractivity contribution in [2.75, 3.05) is 5.75 Å². The van der Waals surface area contributed by atoms with E-state index in [4.69, 9.17) is 12.2 Å². The maximum Gasteiger partial charge on any atom is 0.266 e. The number of sulfone groups is 1. The summed E-state index contributed by atoms with van der Waals surface area (Å²) in [6.07, 6.45) is 3.16. The van der Waals surface area contributed by atoms with Gasteiger partial charge in [0.2, 0.25) is 5.91 Å². The summed E-state index contributed by atoms with van der Waals surface area (Å²) >= 11 is 6.41. The van der Waals surface area contributed by atoms with E-state index in [-0.39, 0.29) is 11.7 Å². The molecule has 2 aliphatic rings. The van der Waals surface area contributed by atoms with E-state index in [0.717, 1.165) is 22.7 Å². The number of hydrogen-bond donors (Lipinski definition) is 1. The molecule has 26 heavy (non-hydrogen) atoms. The molecule has 1 saturated heterocycles. The number of nitrogens with one attached hydrogen (secondary N) is 1. The minimum absolute atomic E-state index is 0.169. The van der Waals surface area contributed by atoms with Gasteiger partial charge >= 0.3 is 0 Å². The predicted octanol–water partition coefficient (Wildman–Crippen LogP) is 1.70. The lowest BCUT2D eigenvalue weighted by Crippen LogP contribution is -2.49. The van der Waals surface area contributed by atoms with Crippen molar-refractivity contribution in [1.82, 2.24) is 10.2 Å². The van der Waals surface area contributed by atoms with Crippen LogP contribution in [0, 0.1) is 0 Å². The molecule has 0 aromatic heterocycles. The summed E-state index contributed by atoms with van der Waals surface area (Å²) in [5, 5.41) is 3.72. The van der Waals surface area contributed by atoms with Crippen molar-refractivity contribution in [3.63, 3.8) is 0 Å². The second kappa shape index (κ2) is 7.34. The fourth-order valence-corrected chi connectivity index (χ4v) is 5.25. The van der Waals surface area contributed by atoms with Crippen LogP contribution in [0.2, 0.25) is 0 Å². The summed E-state index contributed by atoms with van der Waals surface area (Å²) in [5.41, 5.74) is 0.867. The van der Waals surface area contributed by atoms with Crippen LogP contribution in [0.15, 0.2) is 46.7 Å². The Bertz CT molecular complexity index is 923. The molecule has 0 unspecified atom stereocenters. The van der Waals surface area contributed by atoms with Gasteiger partial charge in [-0.25, -0.2) is 8.42 Å². The van der Waals surface area contributed by atoms with Crippen LogP contribution in [0.1, 0.15) is 12.5 Å². The van der Waals surface area contributed by atoms with Crippen LogP contribution in [0.25, 0.3) is 6.08 Å². The molecule has 2 amide bonds. The lowest BCUT2D eigenvalue weighted by Gasteiger charge is -2.23. The second-order valence-corrected chi connectivity index (χ2v) is 9.52. The molecule has 1 fully saturated rings. The standard InChI is InChI=1S/C17H16N2O4S3/c1-11(15(20)18-13-7-8-26(22,23)10-13)19-16(21)14(25-17(19)24)9-12-5-3-2-4-6-12/h2-9,11,13H,10H2,1H3,(H,18,20)/b14-9-/t11-,13-/m0/s1. The maximum absolute atomic E-state index is 12.7. The van der Waals surface area contributed by atoms with E-state index in [9.17, 15) is 18.0 Å². The average molecular weight is 409 g/mol. The summed E-state index contributed by atoms with van der Waals surface area (Å²) in [6, 6.07) is 7.93. The van der Waals surface area contributed by atoms with Gasteiger partial charge in [-0.05, 0) is 24.6 Å². The lowest BCUT2D eigenvalue weighted by atomic mass is 10.2. The van der Waals surface area contributed by atoms with Crippen molar-refractivity contribution in [2.45, 2.75) is 19.0 Å². The Kier molecular flexibility index (Phi) is 5.31. The third-order valence-electron chi connectivity index (χ3n) is 3.95. The van der Waals surface area contributed by atoms with Gasteiger partial charge in [0, 0.05) is 5.41 Å². The summed E-state index contributed by atoms with van der Waals surface area (Å²) < 4.78 is 23.2. The van der Waals surface area contributed by atoms with Crippen molar-refractivity contribution in [3.05, 3.63) is 52.3 Å². The largest absolute Gasteiger partial charge is 0.347 e. The van der Waals surface area contributed by atoms with Gasteiger partial charge in [0.15, 0.2) is 9.84 Å². The molecule has 2 heterocycles. The number of rotatable bonds is 4. The molecule has 6 nitrogen and oxygen atoms in total. The van der Waals surface area contributed by atoms with Crippen LogP contribution < -0.4 is 5.32 Å². The first-order chi connectivity index (χ1) is 12.3. The molecule has 136 valence electrons. The quantitative estimate of drug-likeness (QED) is 0.603. The number of thioether (sulfide) groups is 1. The van der Waals surface area contributed by atoms with E-state index in [2.05, 4.69) is 5.32 Å². The molecule has 2 atom stereocenters. The molecular weight excluding hydrogens is 392 g/mol. The molecular formula is C17H16N2O4S3. The van der Waals surface area contributed by atoms with Gasteiger partial charge in [-0.2, -0.15) is 0 Å². The van der Waals surface area contributed by atoms with Gasteiger partial charge in [0.05, 0.1) is 16.7 Å². The molecule has 1 aromatic carbocycles. The summed E-state index contributed by atoms with van der Waals surface area (Å²) in [7, 11) is -3.27. The van der Waals surface area contributed by atoms with E-state index in [1.54, 1.807) is 13.0 Å². The molecule has 1 N–H and O–H groups in total. The van der Waals surface area contributed by atoms with Gasteiger partial charge in [-0.15, -0.1) is 0 Å². The molecule has 9 heteroatoms. The Morgan fingerprint density at radius 2 is 2.08 bits per heavy atom. The van der Waals surface area contributed by atoms with Gasteiger partial charge < -0.3 is 5.32 Å². The number of carbonyl (C=O) groups is 2. The highest BCUT2D eigenvalue weighted by Crippen LogP contribution is 2.34. The fourth-order valence-electron chi connectivity index (χ4n) is 2.60. The Balaban J connectivity index is 1.71. The zero-order valence-electron chi connectivity index (χ0n) is 13.8. The molecule has 0 bridgehead atoms. The highest BCUT2D eigenvalue weighted by atomic mass is 32.2. The van der Waals surface area contributed by atoms with Crippen LogP contribution in [-0.4, -0.2) is 47.3 Å². The van der Waals surface area contributed by atoms with Crippen molar-refractivity contribution in [1.29, 1.82) is 0 Å². The van der Waals surface area contributed by atoms with Crippen molar-refractivity contribution in [3.8, 4) is 0 Å². The van der Waals surface area contributed by atoms with Crippen LogP contribution in [-0.2, 0) is 19.4 Å². The molecule has 3 rings (SSSR count). The lowest BCUT2D eigenvalue weighted by molar-refractivity contribution is -0.132. The Hall–Kier alpha value is -1.97. The monoisotopic (exact) mass is 408 g/mol. The molecule has 0 aliphatic carbocycles. The van der Waals surface area contributed by atoms with E-state index in [1.807, 2.05) is 30.3 Å². The molecule has 0 spiro atoms. The van der Waals surface area contributed by atoms with Crippen molar-refractivity contribution < 1.29 is 18.0 Å². The first-order valence-corrected chi connectivity index (χ1v) is 10.7. The first-order valence-electron chi connectivity index (χ1n) is 7.80. The van der Waals surface area contributed by atoms with Gasteiger partial charge in [-0.1, -0.05) is 54.3 Å². The third kappa shape index (κ3) is 4.05. The second-order valence-electron chi connectivity index (χ2n) is 5.91. The Labute approximate surface area is 161 Å². The SMILES string of the molecule is C[C@@H](C(=O)N[C@H]1C=CS(=O)(=O)C1)N1C(=O)/C(=C/c2ccccc2)SC1=S. The van der Waals surface area contributed by atoms with Crippen molar-refractivity contribution in [2.24, 2.45) is 0 Å². The normalized spacial score (nSPS) is 24.3. The van der Waals surface area contributed by atoms with E-state index < -0.39 is 27.8 Å². The number of thiocarbonyl (C=S) groups is 1. The molecule has 2 aliphatic heterocycles. The van der Waals surface area contributed by atoms with Crippen LogP contribution in [0.5, 0.6) is 0 Å². The highest BCUT2D eigenvalue weighted by Gasteiger charge is 2.38. The molecule has 0 radical (unpaired) electrons. The van der Waals surface area contributed by atoms with Gasteiger partial charge in [0.25, 0.3) is 5.91 Å². The summed E-state index contributed by atoms with van der Waals surface area (Å²) in [4.78, 5) is 26.8. The smallest absolute Gasteiger partial charge is 0.266 e. The predicted molar refractivity (Wildman–Crippen MR) is 106 cm³/mol. The third-order valence-corrected chi connectivity index (χ3v) is 6.67. The maximum atomic E-state index is 12.7. The topological polar surface area (TPSA) is 83.6 Å². The Morgan fingerprint density at radius 1 is 1.38 bits per heavy atom.